The van der Waals surface area contributed by atoms with Gasteiger partial charge in [0.05, 0.1) is 13.0 Å². The Bertz CT molecular complexity index is 185. The number of hydrogen-bond donors (Lipinski definition) is 1. The first-order valence-corrected chi connectivity index (χ1v) is 4.66. The summed E-state index contributed by atoms with van der Waals surface area (Å²) >= 11 is 0. The highest BCUT2D eigenvalue weighted by molar-refractivity contribution is 5.76. The second kappa shape index (κ2) is 3.05. The lowest BCUT2D eigenvalue weighted by Crippen LogP contribution is -2.50. The number of rotatable bonds is 1. The number of nitrogens with one attached hydrogen (secondary N) is 1. The highest BCUT2D eigenvalue weighted by Gasteiger charge is 2.36. The van der Waals surface area contributed by atoms with Gasteiger partial charge < -0.3 is 9.64 Å². The second-order valence-electron chi connectivity index (χ2n) is 3.81. The van der Waals surface area contributed by atoms with Crippen LogP contribution in [0.4, 0.5) is 0 Å². The number of ether oxygens (including phenoxy) is 1. The van der Waals surface area contributed by atoms with E-state index in [-0.39, 0.29) is 0 Å². The van der Waals surface area contributed by atoms with Crippen molar-refractivity contribution in [3.05, 3.63) is 0 Å². The van der Waals surface area contributed by atoms with Crippen molar-refractivity contribution in [1.82, 2.24) is 4.90 Å². The van der Waals surface area contributed by atoms with Gasteiger partial charge in [0.25, 0.3) is 0 Å². The molecule has 3 heterocycles. The summed E-state index contributed by atoms with van der Waals surface area (Å²) in [5, 5.41) is 7.64. The third kappa shape index (κ3) is 1.22. The lowest BCUT2D eigenvalue weighted by atomic mass is 9.79. The minimum atomic E-state index is 0.387. The van der Waals surface area contributed by atoms with E-state index in [1.54, 1.807) is 7.11 Å². The molecule has 0 aromatic carbocycles. The summed E-state index contributed by atoms with van der Waals surface area (Å²) in [5.41, 5.74) is 0. The molecule has 0 saturated carbocycles. The van der Waals surface area contributed by atoms with E-state index in [2.05, 4.69) is 4.90 Å². The van der Waals surface area contributed by atoms with Crippen molar-refractivity contribution >= 4 is 5.90 Å². The van der Waals surface area contributed by atoms with E-state index >= 15 is 0 Å². The third-order valence-corrected chi connectivity index (χ3v) is 3.21. The summed E-state index contributed by atoms with van der Waals surface area (Å²) in [5.74, 6) is 1.60. The zero-order chi connectivity index (χ0) is 8.55. The van der Waals surface area contributed by atoms with Crippen LogP contribution in [0.25, 0.3) is 0 Å². The van der Waals surface area contributed by atoms with Crippen LogP contribution in [-0.4, -0.2) is 37.5 Å². The maximum atomic E-state index is 7.64. The van der Waals surface area contributed by atoms with E-state index in [4.69, 9.17) is 10.1 Å². The summed E-state index contributed by atoms with van der Waals surface area (Å²) in [6, 6.07) is 0. The average Bonchev–Trinajstić information content (AvgIpc) is 2.18. The zero-order valence-electron chi connectivity index (χ0n) is 7.55. The van der Waals surface area contributed by atoms with Gasteiger partial charge in [0.1, 0.15) is 0 Å². The van der Waals surface area contributed by atoms with Gasteiger partial charge in [0.15, 0.2) is 5.90 Å². The monoisotopic (exact) mass is 168 g/mol. The van der Waals surface area contributed by atoms with Crippen LogP contribution in [0.5, 0.6) is 0 Å². The molecule has 2 bridgehead atoms. The highest BCUT2D eigenvalue weighted by atomic mass is 16.5. The zero-order valence-corrected chi connectivity index (χ0v) is 7.55. The maximum Gasteiger partial charge on any atom is 0.184 e. The Morgan fingerprint density at radius 2 is 2.08 bits per heavy atom. The van der Waals surface area contributed by atoms with Crippen molar-refractivity contribution in [1.29, 1.82) is 5.41 Å². The van der Waals surface area contributed by atoms with Crippen molar-refractivity contribution in [2.45, 2.75) is 12.8 Å². The van der Waals surface area contributed by atoms with Crippen molar-refractivity contribution in [3.8, 4) is 0 Å². The smallest absolute Gasteiger partial charge is 0.184 e. The van der Waals surface area contributed by atoms with Crippen LogP contribution in [0.1, 0.15) is 12.8 Å². The molecule has 3 aliphatic rings. The van der Waals surface area contributed by atoms with Gasteiger partial charge in [-0.05, 0) is 31.8 Å². The number of piperidine rings is 3. The molecule has 68 valence electrons. The first kappa shape index (κ1) is 8.05. The molecule has 0 aromatic rings. The Morgan fingerprint density at radius 3 is 2.50 bits per heavy atom. The van der Waals surface area contributed by atoms with E-state index in [1.165, 1.54) is 25.9 Å². The van der Waals surface area contributed by atoms with Gasteiger partial charge in [-0.1, -0.05) is 0 Å². The molecule has 12 heavy (non-hydrogen) atoms. The van der Waals surface area contributed by atoms with E-state index < -0.39 is 0 Å². The first-order valence-electron chi connectivity index (χ1n) is 4.66. The molecule has 3 rings (SSSR count). The van der Waals surface area contributed by atoms with Crippen LogP contribution in [0.15, 0.2) is 0 Å². The second-order valence-corrected chi connectivity index (χ2v) is 3.81. The summed E-state index contributed by atoms with van der Waals surface area (Å²) in [4.78, 5) is 2.44. The molecule has 0 spiro atoms. The van der Waals surface area contributed by atoms with Gasteiger partial charge in [-0.3, -0.25) is 5.41 Å². The van der Waals surface area contributed by atoms with Crippen molar-refractivity contribution < 1.29 is 4.74 Å². The molecule has 0 aliphatic carbocycles. The van der Waals surface area contributed by atoms with Crippen LogP contribution in [0.3, 0.4) is 0 Å². The van der Waals surface area contributed by atoms with Crippen LogP contribution in [-0.2, 0) is 4.74 Å². The molecule has 0 amide bonds. The minimum absolute atomic E-state index is 0.387. The van der Waals surface area contributed by atoms with Crippen LogP contribution >= 0.6 is 0 Å². The van der Waals surface area contributed by atoms with Gasteiger partial charge >= 0.3 is 0 Å². The summed E-state index contributed by atoms with van der Waals surface area (Å²) in [6.45, 7) is 3.52. The first-order chi connectivity index (χ1) is 5.81. The third-order valence-electron chi connectivity index (χ3n) is 3.21. The fourth-order valence-corrected chi connectivity index (χ4v) is 2.41. The summed E-state index contributed by atoms with van der Waals surface area (Å²) < 4.78 is 5.00. The molecule has 3 heteroatoms. The Hall–Kier alpha value is -0.570. The topological polar surface area (TPSA) is 36.3 Å². The van der Waals surface area contributed by atoms with Crippen LogP contribution < -0.4 is 0 Å². The van der Waals surface area contributed by atoms with Gasteiger partial charge in [0.2, 0.25) is 0 Å². The van der Waals surface area contributed by atoms with E-state index in [1.807, 2.05) is 0 Å². The molecule has 1 atom stereocenters. The number of hydrogen-bond acceptors (Lipinski definition) is 3. The van der Waals surface area contributed by atoms with Gasteiger partial charge in [-0.2, -0.15) is 0 Å². The van der Waals surface area contributed by atoms with Crippen LogP contribution in [0, 0.1) is 17.2 Å². The van der Waals surface area contributed by atoms with E-state index in [9.17, 15) is 0 Å². The largest absolute Gasteiger partial charge is 0.484 e. The van der Waals surface area contributed by atoms with Gasteiger partial charge in [0, 0.05) is 6.54 Å². The molecule has 1 N–H and O–H groups in total. The highest BCUT2D eigenvalue weighted by Crippen LogP contribution is 2.32. The molecule has 3 saturated heterocycles. The van der Waals surface area contributed by atoms with Crippen LogP contribution in [0.2, 0.25) is 0 Å². The minimum Gasteiger partial charge on any atom is -0.484 e. The van der Waals surface area contributed by atoms with Gasteiger partial charge in [-0.15, -0.1) is 0 Å². The maximum absolute atomic E-state index is 7.64. The molecule has 0 radical (unpaired) electrons. The predicted octanol–water partition coefficient (Wildman–Crippen LogP) is 0.952. The number of nitrogens with zero attached hydrogens (tertiary/aromatic N) is 1. The molecule has 3 nitrogen and oxygen atoms in total. The van der Waals surface area contributed by atoms with E-state index in [0.29, 0.717) is 11.8 Å². The Morgan fingerprint density at radius 1 is 1.42 bits per heavy atom. The summed E-state index contributed by atoms with van der Waals surface area (Å²) in [7, 11) is 1.61. The number of methoxy groups -OCH3 is 1. The van der Waals surface area contributed by atoms with E-state index in [0.717, 1.165) is 12.5 Å². The summed E-state index contributed by atoms with van der Waals surface area (Å²) in [6.07, 6.45) is 2.52. The Balaban J connectivity index is 2.03. The molecule has 3 fully saturated rings. The molecule has 0 aromatic heterocycles. The van der Waals surface area contributed by atoms with Crippen molar-refractivity contribution in [2.75, 3.05) is 26.7 Å². The Labute approximate surface area is 73.2 Å². The standard InChI is InChI=1S/C9H16N2O/c1-12-9(10)8-6-11-4-2-7(8)3-5-11/h7-8,10H,2-6H2,1H3. The molecule has 1 unspecified atom stereocenters. The Kier molecular flexibility index (Phi) is 2.05. The fraction of sp³-hybridized carbons (Fsp3) is 0.889. The quantitative estimate of drug-likeness (QED) is 0.467. The predicted molar refractivity (Wildman–Crippen MR) is 47.4 cm³/mol. The molecule has 3 aliphatic heterocycles. The van der Waals surface area contributed by atoms with Gasteiger partial charge in [-0.25, -0.2) is 0 Å². The molecular formula is C9H16N2O. The normalized spacial score (nSPS) is 39.6. The van der Waals surface area contributed by atoms with Crippen molar-refractivity contribution in [3.63, 3.8) is 0 Å². The van der Waals surface area contributed by atoms with Crippen molar-refractivity contribution in [2.24, 2.45) is 11.8 Å². The fourth-order valence-electron chi connectivity index (χ4n) is 2.41. The lowest BCUT2D eigenvalue weighted by molar-refractivity contribution is 0.0713. The average molecular weight is 168 g/mol. The number of fused-ring (bicyclic) bond motifs is 3. The SMILES string of the molecule is COC(=N)C1CN2CCC1CC2. The lowest BCUT2D eigenvalue weighted by Gasteiger charge is -2.44. The molecular weight excluding hydrogens is 152 g/mol.